The van der Waals surface area contributed by atoms with Crippen molar-refractivity contribution < 1.29 is 9.59 Å². The fourth-order valence-electron chi connectivity index (χ4n) is 8.72. The third-order valence-electron chi connectivity index (χ3n) is 11.9. The molecule has 4 saturated heterocycles. The smallest absolute Gasteiger partial charge is 0.254 e. The first kappa shape index (κ1) is 37.0. The Labute approximate surface area is 318 Å². The first-order valence-electron chi connectivity index (χ1n) is 19.6. The minimum Gasteiger partial charge on any atom is -0.334 e. The number of nitriles is 1. The maximum absolute atomic E-state index is 13.1. The van der Waals surface area contributed by atoms with Crippen molar-refractivity contribution in [2.75, 3.05) is 39.3 Å². The molecule has 6 heterocycles. The molecule has 10 heteroatoms. The van der Waals surface area contributed by atoms with Crippen LogP contribution in [0.5, 0.6) is 0 Å². The average Bonchev–Trinajstić information content (AvgIpc) is 4.04. The number of likely N-dealkylation sites (tertiary alicyclic amines) is 4. The molecule has 0 aliphatic carbocycles. The highest BCUT2D eigenvalue weighted by Crippen LogP contribution is 2.30. The van der Waals surface area contributed by atoms with Gasteiger partial charge in [0, 0.05) is 96.7 Å². The summed E-state index contributed by atoms with van der Waals surface area (Å²) in [5, 5.41) is 10.8. The van der Waals surface area contributed by atoms with E-state index in [-0.39, 0.29) is 11.8 Å². The van der Waals surface area contributed by atoms with Gasteiger partial charge in [0.15, 0.2) is 0 Å². The highest BCUT2D eigenvalue weighted by Gasteiger charge is 2.34. The van der Waals surface area contributed by atoms with E-state index in [0.29, 0.717) is 29.7 Å². The summed E-state index contributed by atoms with van der Waals surface area (Å²) in [5.74, 6) is 1.25. The Hall–Kier alpha value is -4.30. The molecular formula is C43H53N7O2S. The van der Waals surface area contributed by atoms with E-state index >= 15 is 0 Å². The van der Waals surface area contributed by atoms with Gasteiger partial charge in [0.2, 0.25) is 0 Å². The number of hydrogen-bond acceptors (Lipinski definition) is 7. The number of benzene rings is 2. The van der Waals surface area contributed by atoms with Crippen LogP contribution >= 0.6 is 11.3 Å². The third kappa shape index (κ3) is 8.43. The van der Waals surface area contributed by atoms with Crippen molar-refractivity contribution in [2.24, 2.45) is 7.05 Å². The Morgan fingerprint density at radius 1 is 0.755 bits per heavy atom. The summed E-state index contributed by atoms with van der Waals surface area (Å²) >= 11 is 1.56. The zero-order chi connectivity index (χ0) is 36.9. The highest BCUT2D eigenvalue weighted by molar-refractivity contribution is 7.13. The van der Waals surface area contributed by atoms with Crippen LogP contribution in [0.15, 0.2) is 72.4 Å². The monoisotopic (exact) mass is 731 g/mol. The number of aryl methyl sites for hydroxylation is 1. The van der Waals surface area contributed by atoms with Crippen LogP contribution in [0, 0.1) is 11.3 Å². The summed E-state index contributed by atoms with van der Waals surface area (Å²) in [6, 6.07) is 21.8. The van der Waals surface area contributed by atoms with E-state index in [1.54, 1.807) is 17.5 Å². The van der Waals surface area contributed by atoms with Gasteiger partial charge in [0.25, 0.3) is 11.8 Å². The van der Waals surface area contributed by atoms with Gasteiger partial charge in [0.05, 0.1) is 5.56 Å². The molecule has 0 unspecified atom stereocenters. The molecule has 0 N–H and O–H groups in total. The van der Waals surface area contributed by atoms with Crippen LogP contribution < -0.4 is 0 Å². The van der Waals surface area contributed by atoms with E-state index in [1.165, 1.54) is 38.8 Å². The Morgan fingerprint density at radius 3 is 1.70 bits per heavy atom. The molecular weight excluding hydrogens is 679 g/mol. The van der Waals surface area contributed by atoms with Gasteiger partial charge in [-0.05, 0) is 114 Å². The van der Waals surface area contributed by atoms with Crippen molar-refractivity contribution in [3.63, 3.8) is 0 Å². The van der Waals surface area contributed by atoms with Crippen molar-refractivity contribution in [2.45, 2.75) is 89.4 Å². The minimum atomic E-state index is 0.153. The van der Waals surface area contributed by atoms with Crippen molar-refractivity contribution in [3.05, 3.63) is 89.1 Å². The largest absolute Gasteiger partial charge is 0.334 e. The van der Waals surface area contributed by atoms with Crippen LogP contribution in [-0.2, 0) is 7.05 Å². The van der Waals surface area contributed by atoms with Gasteiger partial charge in [-0.1, -0.05) is 24.3 Å². The van der Waals surface area contributed by atoms with Crippen molar-refractivity contribution in [1.82, 2.24) is 29.2 Å². The lowest BCUT2D eigenvalue weighted by atomic mass is 10.1. The van der Waals surface area contributed by atoms with E-state index < -0.39 is 0 Å². The zero-order valence-electron chi connectivity index (χ0n) is 31.5. The van der Waals surface area contributed by atoms with Gasteiger partial charge in [-0.25, -0.2) is 4.98 Å². The maximum atomic E-state index is 13.1. The molecule has 2 aromatic carbocycles. The molecule has 0 saturated carbocycles. The lowest BCUT2D eigenvalue weighted by molar-refractivity contribution is 0.0689. The molecule has 4 aliphatic heterocycles. The standard InChI is InChI=1S/C22H25N3OS.C21H28N4O/c1-16-4-2-10-24(16)14-20-5-3-11-25(20)22(26)19-8-6-18(7-9-19)21-12-17(13-23)15-27-21;1-16-5-3-12-24(16)15-19-6-4-13-25(19)21(26)18-9-7-17(8-10-18)20-22-11-14-23(20)2/h6-9,12,15-16,20H,2-5,10-11,14H2,1H3;7-11,14,16,19H,3-6,12-13,15H2,1-2H3/t16-,20+;16-,19+/m11/s1. The number of thiophene rings is 1. The fraction of sp³-hybridized carbons (Fsp3) is 0.488. The van der Waals surface area contributed by atoms with Gasteiger partial charge in [-0.15, -0.1) is 11.3 Å². The number of imidazole rings is 1. The Morgan fingerprint density at radius 2 is 1.26 bits per heavy atom. The molecule has 4 aromatic rings. The molecule has 4 atom stereocenters. The van der Waals surface area contributed by atoms with Crippen molar-refractivity contribution >= 4 is 23.2 Å². The number of carbonyl (C=O) groups excluding carboxylic acids is 2. The molecule has 278 valence electrons. The quantitative estimate of drug-likeness (QED) is 0.186. The van der Waals surface area contributed by atoms with Gasteiger partial charge in [0.1, 0.15) is 11.9 Å². The number of amides is 2. The summed E-state index contributed by atoms with van der Waals surface area (Å²) in [6.07, 6.45) is 13.3. The fourth-order valence-corrected chi connectivity index (χ4v) is 9.56. The predicted octanol–water partition coefficient (Wildman–Crippen LogP) is 7.55. The normalized spacial score (nSPS) is 23.3. The molecule has 2 aromatic heterocycles. The van der Waals surface area contributed by atoms with E-state index in [1.807, 2.05) is 77.8 Å². The van der Waals surface area contributed by atoms with Crippen LogP contribution in [-0.4, -0.2) is 104 Å². The van der Waals surface area contributed by atoms with E-state index in [2.05, 4.69) is 44.5 Å². The summed E-state index contributed by atoms with van der Waals surface area (Å²) in [6.45, 7) is 10.7. The SMILES string of the molecule is C[C@@H]1CCCN1C[C@@H]1CCCN1C(=O)c1ccc(-c2cc(C#N)cs2)cc1.C[C@@H]1CCCN1C[C@@H]1CCCN1C(=O)c1ccc(-c2nccn2C)cc1. The third-order valence-corrected chi connectivity index (χ3v) is 12.9. The van der Waals surface area contributed by atoms with Crippen LogP contribution in [0.25, 0.3) is 21.8 Å². The van der Waals surface area contributed by atoms with Crippen molar-refractivity contribution in [3.8, 4) is 27.9 Å². The van der Waals surface area contributed by atoms with Crippen LogP contribution in [0.4, 0.5) is 0 Å². The average molecular weight is 732 g/mol. The Balaban J connectivity index is 0.000000164. The van der Waals surface area contributed by atoms with Gasteiger partial charge in [-0.2, -0.15) is 5.26 Å². The Bertz CT molecular complexity index is 1890. The molecule has 0 spiro atoms. The number of aromatic nitrogens is 2. The second-order valence-electron chi connectivity index (χ2n) is 15.4. The highest BCUT2D eigenvalue weighted by atomic mass is 32.1. The van der Waals surface area contributed by atoms with E-state index in [9.17, 15) is 9.59 Å². The Kier molecular flexibility index (Phi) is 11.7. The van der Waals surface area contributed by atoms with E-state index in [0.717, 1.165) is 84.8 Å². The number of rotatable bonds is 8. The molecule has 0 radical (unpaired) electrons. The molecule has 8 rings (SSSR count). The zero-order valence-corrected chi connectivity index (χ0v) is 32.3. The first-order chi connectivity index (χ1) is 25.8. The van der Waals surface area contributed by atoms with Gasteiger partial charge in [-0.3, -0.25) is 19.4 Å². The molecule has 0 bridgehead atoms. The molecule has 2 amide bonds. The topological polar surface area (TPSA) is 88.7 Å². The summed E-state index contributed by atoms with van der Waals surface area (Å²) in [5.41, 5.74) is 4.33. The van der Waals surface area contributed by atoms with Crippen LogP contribution in [0.2, 0.25) is 0 Å². The molecule has 53 heavy (non-hydrogen) atoms. The second-order valence-corrected chi connectivity index (χ2v) is 16.3. The van der Waals surface area contributed by atoms with Crippen molar-refractivity contribution in [1.29, 1.82) is 5.26 Å². The number of nitrogens with zero attached hydrogens (tertiary/aromatic N) is 7. The van der Waals surface area contributed by atoms with Crippen LogP contribution in [0.3, 0.4) is 0 Å². The molecule has 4 aliphatic rings. The summed E-state index contributed by atoms with van der Waals surface area (Å²) in [7, 11) is 1.98. The van der Waals surface area contributed by atoms with Crippen LogP contribution in [0.1, 0.15) is 91.5 Å². The summed E-state index contributed by atoms with van der Waals surface area (Å²) < 4.78 is 1.99. The second kappa shape index (κ2) is 16.8. The summed E-state index contributed by atoms with van der Waals surface area (Å²) in [4.78, 5) is 40.9. The van der Waals surface area contributed by atoms with E-state index in [4.69, 9.17) is 5.26 Å². The number of hydrogen-bond donors (Lipinski definition) is 0. The van der Waals surface area contributed by atoms with Gasteiger partial charge >= 0.3 is 0 Å². The first-order valence-corrected chi connectivity index (χ1v) is 20.4. The predicted molar refractivity (Wildman–Crippen MR) is 212 cm³/mol. The lowest BCUT2D eigenvalue weighted by Crippen LogP contribution is -2.44. The molecule has 4 fully saturated rings. The maximum Gasteiger partial charge on any atom is 0.254 e. The van der Waals surface area contributed by atoms with Gasteiger partial charge < -0.3 is 14.4 Å². The lowest BCUT2D eigenvalue weighted by Gasteiger charge is -2.30. The molecule has 9 nitrogen and oxygen atoms in total. The minimum absolute atomic E-state index is 0.153. The number of carbonyl (C=O) groups is 2.